The van der Waals surface area contributed by atoms with E-state index in [-0.39, 0.29) is 35.6 Å². The van der Waals surface area contributed by atoms with E-state index in [2.05, 4.69) is 6.92 Å². The summed E-state index contributed by atoms with van der Waals surface area (Å²) < 4.78 is 5.15. The third kappa shape index (κ3) is 2.34. The molecule has 4 fully saturated rings. The van der Waals surface area contributed by atoms with E-state index < -0.39 is 22.7 Å². The number of hydrogen-bond donors (Lipinski definition) is 3. The zero-order valence-corrected chi connectivity index (χ0v) is 17.1. The Morgan fingerprint density at radius 1 is 1.07 bits per heavy atom. The van der Waals surface area contributed by atoms with Gasteiger partial charge in [0, 0.05) is 17.9 Å². The van der Waals surface area contributed by atoms with Gasteiger partial charge >= 0.3 is 5.97 Å². The van der Waals surface area contributed by atoms with Crippen molar-refractivity contribution in [3.05, 3.63) is 11.6 Å². The largest absolute Gasteiger partial charge is 0.458 e. The molecule has 1 heterocycles. The molecule has 160 valence electrons. The minimum atomic E-state index is -1.18. The molecule has 5 aliphatic rings. The van der Waals surface area contributed by atoms with Crippen LogP contribution >= 0.6 is 0 Å². The highest BCUT2D eigenvalue weighted by Crippen LogP contribution is 2.70. The highest BCUT2D eigenvalue weighted by molar-refractivity contribution is 5.85. The second-order valence-electron chi connectivity index (χ2n) is 10.6. The summed E-state index contributed by atoms with van der Waals surface area (Å²) in [6, 6.07) is 0. The van der Waals surface area contributed by atoms with Crippen LogP contribution in [0.2, 0.25) is 0 Å². The summed E-state index contributed by atoms with van der Waals surface area (Å²) in [5.74, 6) is -0.304. The van der Waals surface area contributed by atoms with Crippen molar-refractivity contribution >= 4 is 12.3 Å². The van der Waals surface area contributed by atoms with Crippen LogP contribution in [-0.2, 0) is 14.3 Å². The molecule has 4 saturated carbocycles. The Bertz CT molecular complexity index is 777. The number of aliphatic hydroxyl groups excluding tert-OH is 1. The number of hydrogen-bond acceptors (Lipinski definition) is 6. The number of ether oxygens (including phenoxy) is 1. The first kappa shape index (κ1) is 19.7. The Kier molecular flexibility index (Phi) is 4.18. The van der Waals surface area contributed by atoms with Crippen molar-refractivity contribution < 1.29 is 29.6 Å². The highest BCUT2D eigenvalue weighted by atomic mass is 16.5. The molecule has 0 unspecified atom stereocenters. The second kappa shape index (κ2) is 6.14. The Labute approximate surface area is 171 Å². The number of fused-ring (bicyclic) bond motifs is 5. The van der Waals surface area contributed by atoms with Crippen molar-refractivity contribution in [2.75, 3.05) is 6.61 Å². The van der Waals surface area contributed by atoms with E-state index in [1.165, 1.54) is 0 Å². The van der Waals surface area contributed by atoms with Crippen LogP contribution in [0.15, 0.2) is 11.6 Å². The van der Waals surface area contributed by atoms with Gasteiger partial charge in [-0.3, -0.25) is 0 Å². The summed E-state index contributed by atoms with van der Waals surface area (Å²) in [5.41, 5.74) is -2.34. The van der Waals surface area contributed by atoms with Crippen LogP contribution in [-0.4, -0.2) is 51.5 Å². The second-order valence-corrected chi connectivity index (χ2v) is 10.6. The first-order valence-electron chi connectivity index (χ1n) is 11.2. The lowest BCUT2D eigenvalue weighted by atomic mass is 9.41. The van der Waals surface area contributed by atoms with Crippen molar-refractivity contribution in [1.82, 2.24) is 0 Å². The van der Waals surface area contributed by atoms with E-state index in [9.17, 15) is 24.9 Å². The van der Waals surface area contributed by atoms with E-state index >= 15 is 0 Å². The lowest BCUT2D eigenvalue weighted by Gasteiger charge is -2.65. The Hall–Kier alpha value is -1.24. The van der Waals surface area contributed by atoms with E-state index in [0.29, 0.717) is 38.7 Å². The summed E-state index contributed by atoms with van der Waals surface area (Å²) in [4.78, 5) is 24.1. The van der Waals surface area contributed by atoms with Gasteiger partial charge in [-0.25, -0.2) is 4.79 Å². The number of aldehydes is 1. The minimum absolute atomic E-state index is 0.0504. The lowest BCUT2D eigenvalue weighted by Crippen LogP contribution is -2.68. The number of aliphatic hydroxyl groups is 3. The molecule has 6 heteroatoms. The number of carbonyl (C=O) groups excluding carboxylic acids is 2. The molecule has 0 saturated heterocycles. The molecule has 29 heavy (non-hydrogen) atoms. The first-order chi connectivity index (χ1) is 13.7. The molecule has 0 aromatic rings. The first-order valence-corrected chi connectivity index (χ1v) is 11.2. The van der Waals surface area contributed by atoms with E-state index in [0.717, 1.165) is 31.1 Å². The van der Waals surface area contributed by atoms with Gasteiger partial charge in [0.25, 0.3) is 0 Å². The Morgan fingerprint density at radius 2 is 1.83 bits per heavy atom. The van der Waals surface area contributed by atoms with Gasteiger partial charge in [-0.2, -0.15) is 0 Å². The van der Waals surface area contributed by atoms with Crippen LogP contribution in [0.5, 0.6) is 0 Å². The molecule has 8 atom stereocenters. The fourth-order valence-corrected chi connectivity index (χ4v) is 8.34. The van der Waals surface area contributed by atoms with Crippen LogP contribution in [0, 0.1) is 28.6 Å². The average molecular weight is 405 g/mol. The van der Waals surface area contributed by atoms with Gasteiger partial charge in [-0.15, -0.1) is 0 Å². The zero-order chi connectivity index (χ0) is 20.7. The van der Waals surface area contributed by atoms with Gasteiger partial charge in [0.15, 0.2) is 0 Å². The topological polar surface area (TPSA) is 104 Å². The normalized spacial score (nSPS) is 54.1. The maximum Gasteiger partial charge on any atom is 0.331 e. The standard InChI is InChI=1S/C23H32O6/c1-20-6-3-17-18(4-8-22(27)11-15(25)2-7-21(17,22)13-24)23(20,28)9-5-16(20)14-10-19(26)29-12-14/h10,13,15-18,25,27-28H,2-9,11-12H2,1H3/t15-,16+,17+,18-,20+,21-,22-,23-/m0/s1. The summed E-state index contributed by atoms with van der Waals surface area (Å²) in [6.07, 6.45) is 7.36. The SMILES string of the molecule is C[C@]12CC[C@@H]3[C@H](CC[C@]4(O)C[C@@H](O)CC[C@]34C=O)[C@@]1(O)CC[C@@H]2C1=CC(=O)OC1. The minimum Gasteiger partial charge on any atom is -0.458 e. The number of cyclic esters (lactones) is 1. The monoisotopic (exact) mass is 404 g/mol. The van der Waals surface area contributed by atoms with E-state index in [4.69, 9.17) is 4.74 Å². The van der Waals surface area contributed by atoms with E-state index in [1.54, 1.807) is 6.08 Å². The molecular weight excluding hydrogens is 372 g/mol. The smallest absolute Gasteiger partial charge is 0.331 e. The Morgan fingerprint density at radius 3 is 2.52 bits per heavy atom. The van der Waals surface area contributed by atoms with E-state index in [1.807, 2.05) is 0 Å². The van der Waals surface area contributed by atoms with Crippen molar-refractivity contribution in [2.24, 2.45) is 28.6 Å². The molecule has 1 aliphatic heterocycles. The van der Waals surface area contributed by atoms with Crippen molar-refractivity contribution in [2.45, 2.75) is 82.0 Å². The molecule has 6 nitrogen and oxygen atoms in total. The lowest BCUT2D eigenvalue weighted by molar-refractivity contribution is -0.248. The molecule has 4 aliphatic carbocycles. The van der Waals surface area contributed by atoms with Crippen LogP contribution in [0.4, 0.5) is 0 Å². The quantitative estimate of drug-likeness (QED) is 0.480. The Balaban J connectivity index is 1.52. The average Bonchev–Trinajstić information content (AvgIpc) is 3.21. The van der Waals surface area contributed by atoms with Crippen LogP contribution < -0.4 is 0 Å². The van der Waals surface area contributed by atoms with Gasteiger partial charge in [0.2, 0.25) is 0 Å². The summed E-state index contributed by atoms with van der Waals surface area (Å²) in [5, 5.41) is 33.7. The molecule has 3 N–H and O–H groups in total. The predicted molar refractivity (Wildman–Crippen MR) is 104 cm³/mol. The molecule has 0 radical (unpaired) electrons. The fraction of sp³-hybridized carbons (Fsp3) is 0.826. The summed E-state index contributed by atoms with van der Waals surface area (Å²) in [6.45, 7) is 2.46. The van der Waals surface area contributed by atoms with Crippen molar-refractivity contribution in [3.8, 4) is 0 Å². The maximum absolute atomic E-state index is 12.5. The molecular formula is C23H32O6. The number of rotatable bonds is 2. The van der Waals surface area contributed by atoms with Gasteiger partial charge in [-0.05, 0) is 74.7 Å². The molecule has 0 amide bonds. The number of carbonyl (C=O) groups is 2. The molecule has 0 aromatic heterocycles. The number of esters is 1. The zero-order valence-electron chi connectivity index (χ0n) is 17.1. The van der Waals surface area contributed by atoms with Gasteiger partial charge in [0.1, 0.15) is 12.9 Å². The summed E-state index contributed by atoms with van der Waals surface area (Å²) in [7, 11) is 0. The van der Waals surface area contributed by atoms with Crippen molar-refractivity contribution in [1.29, 1.82) is 0 Å². The molecule has 0 bridgehead atoms. The molecule has 5 rings (SSSR count). The van der Waals surface area contributed by atoms with Crippen LogP contribution in [0.3, 0.4) is 0 Å². The highest BCUT2D eigenvalue weighted by Gasteiger charge is 2.71. The van der Waals surface area contributed by atoms with Gasteiger partial charge in [0.05, 0.1) is 22.7 Å². The molecule has 0 aromatic carbocycles. The van der Waals surface area contributed by atoms with Gasteiger partial charge in [-0.1, -0.05) is 6.92 Å². The fourth-order valence-electron chi connectivity index (χ4n) is 8.34. The van der Waals surface area contributed by atoms with Crippen LogP contribution in [0.1, 0.15) is 64.7 Å². The summed E-state index contributed by atoms with van der Waals surface area (Å²) >= 11 is 0. The van der Waals surface area contributed by atoms with Crippen LogP contribution in [0.25, 0.3) is 0 Å². The molecule has 0 spiro atoms. The van der Waals surface area contributed by atoms with Crippen molar-refractivity contribution in [3.63, 3.8) is 0 Å². The third-order valence-electron chi connectivity index (χ3n) is 9.85. The third-order valence-corrected chi connectivity index (χ3v) is 9.85. The predicted octanol–water partition coefficient (Wildman–Crippen LogP) is 1.90. The van der Waals surface area contributed by atoms with Gasteiger partial charge < -0.3 is 24.9 Å². The maximum atomic E-state index is 12.5.